The number of nitrogens with two attached hydrogens (primary N) is 1. The van der Waals surface area contributed by atoms with E-state index in [1.165, 1.54) is 23.4 Å². The second kappa shape index (κ2) is 9.16. The van der Waals surface area contributed by atoms with Crippen LogP contribution in [0.1, 0.15) is 30.3 Å². The van der Waals surface area contributed by atoms with E-state index in [0.717, 1.165) is 24.5 Å². The average Bonchev–Trinajstić information content (AvgIpc) is 2.82. The van der Waals surface area contributed by atoms with Crippen LogP contribution in [0.3, 0.4) is 0 Å². The van der Waals surface area contributed by atoms with Crippen LogP contribution in [0, 0.1) is 0 Å². The number of carboxylic acids is 2. The highest BCUT2D eigenvalue weighted by Gasteiger charge is 2.21. The molecule has 0 spiro atoms. The van der Waals surface area contributed by atoms with Gasteiger partial charge in [-0.2, -0.15) is 0 Å². The minimum absolute atomic E-state index is 0.558. The van der Waals surface area contributed by atoms with Gasteiger partial charge in [-0.15, -0.1) is 11.3 Å². The van der Waals surface area contributed by atoms with Gasteiger partial charge >= 0.3 is 11.9 Å². The molecule has 22 heavy (non-hydrogen) atoms. The van der Waals surface area contributed by atoms with Crippen molar-refractivity contribution in [1.29, 1.82) is 0 Å². The van der Waals surface area contributed by atoms with Gasteiger partial charge in [0.2, 0.25) is 0 Å². The van der Waals surface area contributed by atoms with Crippen LogP contribution in [0.4, 0.5) is 5.13 Å². The lowest BCUT2D eigenvalue weighted by atomic mass is 9.98. The lowest BCUT2D eigenvalue weighted by molar-refractivity contribution is -0.134. The molecule has 7 nitrogen and oxygen atoms in total. The molecule has 2 rings (SSSR count). The number of aryl methyl sites for hydroxylation is 1. The highest BCUT2D eigenvalue weighted by Crippen LogP contribution is 2.27. The molecule has 0 bridgehead atoms. The van der Waals surface area contributed by atoms with Crippen molar-refractivity contribution in [2.24, 2.45) is 0 Å². The Morgan fingerprint density at radius 1 is 1.41 bits per heavy atom. The van der Waals surface area contributed by atoms with Crippen LogP contribution in [-0.4, -0.2) is 39.7 Å². The molecule has 0 saturated heterocycles. The number of thiazole rings is 1. The smallest absolute Gasteiger partial charge is 0.328 e. The van der Waals surface area contributed by atoms with Crippen molar-refractivity contribution in [2.45, 2.75) is 38.6 Å². The molecule has 0 radical (unpaired) electrons. The van der Waals surface area contributed by atoms with Crippen LogP contribution in [0.2, 0.25) is 0 Å². The summed E-state index contributed by atoms with van der Waals surface area (Å²) in [6.45, 7) is 3.32. The molecule has 0 aliphatic heterocycles. The van der Waals surface area contributed by atoms with Gasteiger partial charge < -0.3 is 21.3 Å². The maximum absolute atomic E-state index is 9.55. The predicted molar refractivity (Wildman–Crippen MR) is 85.0 cm³/mol. The van der Waals surface area contributed by atoms with Crippen LogP contribution in [0.15, 0.2) is 12.2 Å². The highest BCUT2D eigenvalue weighted by atomic mass is 32.1. The fourth-order valence-corrected chi connectivity index (χ4v) is 3.02. The van der Waals surface area contributed by atoms with E-state index in [0.29, 0.717) is 18.2 Å². The van der Waals surface area contributed by atoms with Crippen LogP contribution in [0.25, 0.3) is 0 Å². The van der Waals surface area contributed by atoms with Crippen LogP contribution in [0.5, 0.6) is 0 Å². The first kappa shape index (κ1) is 18.1. The summed E-state index contributed by atoms with van der Waals surface area (Å²) in [6.07, 6.45) is 5.73. The van der Waals surface area contributed by atoms with Crippen molar-refractivity contribution in [3.8, 4) is 0 Å². The Labute approximate surface area is 132 Å². The SMILES string of the molecule is CCCN[C@@H]1CCc2nc(N)sc2C1.O=C(O)/C=C/C(=O)O. The summed E-state index contributed by atoms with van der Waals surface area (Å²) in [5, 5.41) is 19.9. The molecule has 8 heteroatoms. The first-order valence-electron chi connectivity index (χ1n) is 7.03. The highest BCUT2D eigenvalue weighted by molar-refractivity contribution is 7.15. The molecule has 0 saturated carbocycles. The number of anilines is 1. The molecule has 1 aliphatic carbocycles. The molecule has 0 amide bonds. The number of nitrogens with one attached hydrogen (secondary N) is 1. The molecular formula is C14H21N3O4S. The zero-order valence-corrected chi connectivity index (χ0v) is 13.2. The van der Waals surface area contributed by atoms with Crippen LogP contribution in [-0.2, 0) is 22.4 Å². The number of carboxylic acid groups (broad SMARTS) is 2. The summed E-state index contributed by atoms with van der Waals surface area (Å²) in [5.74, 6) is -2.51. The number of rotatable bonds is 5. The van der Waals surface area contributed by atoms with E-state index in [-0.39, 0.29) is 0 Å². The second-order valence-corrected chi connectivity index (χ2v) is 5.94. The number of fused-ring (bicyclic) bond motifs is 1. The van der Waals surface area contributed by atoms with Crippen molar-refractivity contribution in [3.63, 3.8) is 0 Å². The predicted octanol–water partition coefficient (Wildman–Crippen LogP) is 1.29. The number of hydrogen-bond acceptors (Lipinski definition) is 6. The van der Waals surface area contributed by atoms with Gasteiger partial charge in [0.25, 0.3) is 0 Å². The molecular weight excluding hydrogens is 306 g/mol. The number of hydrogen-bond donors (Lipinski definition) is 4. The zero-order chi connectivity index (χ0) is 16.5. The minimum atomic E-state index is -1.26. The number of nitrogens with zero attached hydrogens (tertiary/aromatic N) is 1. The molecule has 0 aromatic carbocycles. The van der Waals surface area contributed by atoms with Gasteiger partial charge in [0.15, 0.2) is 5.13 Å². The maximum Gasteiger partial charge on any atom is 0.328 e. The molecule has 0 unspecified atom stereocenters. The Bertz CT molecular complexity index is 526. The van der Waals surface area contributed by atoms with E-state index >= 15 is 0 Å². The van der Waals surface area contributed by atoms with Gasteiger partial charge in [-0.25, -0.2) is 14.6 Å². The first-order chi connectivity index (χ1) is 10.4. The normalized spacial score (nSPS) is 16.7. The van der Waals surface area contributed by atoms with Gasteiger partial charge in [0, 0.05) is 23.1 Å². The first-order valence-corrected chi connectivity index (χ1v) is 7.85. The van der Waals surface area contributed by atoms with Crippen LogP contribution < -0.4 is 11.1 Å². The van der Waals surface area contributed by atoms with Gasteiger partial charge in [-0.3, -0.25) is 0 Å². The summed E-state index contributed by atoms with van der Waals surface area (Å²) in [5.41, 5.74) is 6.93. The zero-order valence-electron chi connectivity index (χ0n) is 12.4. The molecule has 1 heterocycles. The summed E-state index contributed by atoms with van der Waals surface area (Å²) in [7, 11) is 0. The largest absolute Gasteiger partial charge is 0.478 e. The molecule has 5 N–H and O–H groups in total. The lowest BCUT2D eigenvalue weighted by Gasteiger charge is -2.21. The van der Waals surface area contributed by atoms with Gasteiger partial charge in [-0.05, 0) is 32.2 Å². The lowest BCUT2D eigenvalue weighted by Crippen LogP contribution is -2.34. The van der Waals surface area contributed by atoms with Crippen molar-refractivity contribution in [3.05, 3.63) is 22.7 Å². The fourth-order valence-electron chi connectivity index (χ4n) is 2.06. The summed E-state index contributed by atoms with van der Waals surface area (Å²) in [4.78, 5) is 24.8. The maximum atomic E-state index is 9.55. The fraction of sp³-hybridized carbons (Fsp3) is 0.500. The Morgan fingerprint density at radius 3 is 2.59 bits per heavy atom. The Hall–Kier alpha value is -1.93. The van der Waals surface area contributed by atoms with Crippen molar-refractivity contribution >= 4 is 28.4 Å². The van der Waals surface area contributed by atoms with Crippen molar-refractivity contribution < 1.29 is 19.8 Å². The van der Waals surface area contributed by atoms with Crippen LogP contribution >= 0.6 is 11.3 Å². The van der Waals surface area contributed by atoms with Crippen molar-refractivity contribution in [2.75, 3.05) is 12.3 Å². The quantitative estimate of drug-likeness (QED) is 0.600. The third-order valence-electron chi connectivity index (χ3n) is 3.01. The van der Waals surface area contributed by atoms with Gasteiger partial charge in [0.05, 0.1) is 5.69 Å². The third-order valence-corrected chi connectivity index (χ3v) is 3.96. The standard InChI is InChI=1S/C10H17N3S.C4H4O4/c1-2-5-12-7-3-4-8-9(6-7)14-10(11)13-8;5-3(6)1-2-4(7)8/h7,12H,2-6H2,1H3,(H2,11,13);1-2H,(H,5,6)(H,7,8)/b;2-1+/t7-;/m1./s1. The molecule has 0 fully saturated rings. The minimum Gasteiger partial charge on any atom is -0.478 e. The summed E-state index contributed by atoms with van der Waals surface area (Å²) >= 11 is 1.65. The van der Waals surface area contributed by atoms with Gasteiger partial charge in [0.1, 0.15) is 0 Å². The second-order valence-electron chi connectivity index (χ2n) is 4.83. The molecule has 1 atom stereocenters. The topological polar surface area (TPSA) is 126 Å². The molecule has 122 valence electrons. The van der Waals surface area contributed by atoms with Gasteiger partial charge in [-0.1, -0.05) is 6.92 Å². The van der Waals surface area contributed by atoms with E-state index < -0.39 is 11.9 Å². The third kappa shape index (κ3) is 6.68. The summed E-state index contributed by atoms with van der Waals surface area (Å²) < 4.78 is 0. The van der Waals surface area contributed by atoms with E-state index in [2.05, 4.69) is 17.2 Å². The van der Waals surface area contributed by atoms with E-state index in [1.807, 2.05) is 0 Å². The van der Waals surface area contributed by atoms with Crippen molar-refractivity contribution in [1.82, 2.24) is 10.3 Å². The Morgan fingerprint density at radius 2 is 2.05 bits per heavy atom. The average molecular weight is 327 g/mol. The summed E-state index contributed by atoms with van der Waals surface area (Å²) in [6, 6.07) is 0.641. The van der Waals surface area contributed by atoms with E-state index in [1.54, 1.807) is 11.3 Å². The monoisotopic (exact) mass is 327 g/mol. The van der Waals surface area contributed by atoms with E-state index in [4.69, 9.17) is 15.9 Å². The van der Waals surface area contributed by atoms with E-state index in [9.17, 15) is 9.59 Å². The number of aromatic nitrogens is 1. The Balaban J connectivity index is 0.000000261. The molecule has 1 aromatic heterocycles. The molecule has 1 aliphatic rings. The number of aliphatic carboxylic acids is 2. The number of carbonyl (C=O) groups is 2. The molecule has 1 aromatic rings. The Kier molecular flexibility index (Phi) is 7.55. The number of nitrogen functional groups attached to an aromatic ring is 1.